The first-order valence-electron chi connectivity index (χ1n) is 21.3. The number of nitrogen functional groups attached to an aromatic ring is 1. The van der Waals surface area contributed by atoms with Crippen LogP contribution in [0.25, 0.3) is 22.3 Å². The molecule has 13 nitrogen and oxygen atoms in total. The van der Waals surface area contributed by atoms with Crippen LogP contribution in [0.15, 0.2) is 84.0 Å². The summed E-state index contributed by atoms with van der Waals surface area (Å²) < 4.78 is 7.94. The van der Waals surface area contributed by atoms with Crippen LogP contribution in [-0.4, -0.2) is 78.1 Å². The molecule has 3 aromatic carbocycles. The average Bonchev–Trinajstić information content (AvgIpc) is 3.82. The number of thioether (sulfide) groups is 1. The van der Waals surface area contributed by atoms with Gasteiger partial charge in [0.05, 0.1) is 11.4 Å². The fourth-order valence-corrected chi connectivity index (χ4v) is 9.70. The Labute approximate surface area is 354 Å². The maximum atomic E-state index is 13.4. The van der Waals surface area contributed by atoms with Gasteiger partial charge in [-0.15, -0.1) is 11.8 Å². The van der Waals surface area contributed by atoms with E-state index >= 15 is 0 Å². The number of amides is 4. The van der Waals surface area contributed by atoms with Gasteiger partial charge >= 0.3 is 0 Å². The third-order valence-electron chi connectivity index (χ3n) is 11.8. The molecule has 0 saturated carbocycles. The number of nitrogens with one attached hydrogen (secondary N) is 1. The van der Waals surface area contributed by atoms with Gasteiger partial charge in [-0.25, -0.2) is 14.6 Å². The van der Waals surface area contributed by atoms with Crippen molar-refractivity contribution < 1.29 is 23.9 Å². The Bertz CT molecular complexity index is 2330. The second-order valence-corrected chi connectivity index (χ2v) is 17.1. The summed E-state index contributed by atoms with van der Waals surface area (Å²) in [6.45, 7) is 1.75. The molecule has 2 saturated heterocycles. The lowest BCUT2D eigenvalue weighted by Crippen LogP contribution is -2.52. The second kappa shape index (κ2) is 19.1. The fourth-order valence-electron chi connectivity index (χ4n) is 8.61. The van der Waals surface area contributed by atoms with E-state index in [2.05, 4.69) is 21.4 Å². The molecule has 8 rings (SSSR count). The SMILES string of the molecule is Nc1ncnc2c1c(-c1ccc(Oc3ccccc3)cc1)nn2[C@@H]1CCCN(C(=O)CCCCCCCCCCSc2cccc3c2CN(C2CCC(=O)NC2=O)C3=O)C1. The van der Waals surface area contributed by atoms with Gasteiger partial charge in [0.2, 0.25) is 17.7 Å². The van der Waals surface area contributed by atoms with Crippen molar-refractivity contribution >= 4 is 52.2 Å². The van der Waals surface area contributed by atoms with Gasteiger partial charge < -0.3 is 20.3 Å². The van der Waals surface area contributed by atoms with Crippen LogP contribution in [0.2, 0.25) is 0 Å². The molecule has 0 aliphatic carbocycles. The molecule has 2 aromatic heterocycles. The number of imide groups is 1. The maximum absolute atomic E-state index is 13.4. The Balaban J connectivity index is 0.741. The number of carbonyl (C=O) groups excluding carboxylic acids is 4. The van der Waals surface area contributed by atoms with E-state index in [-0.39, 0.29) is 36.1 Å². The number of ether oxygens (including phenoxy) is 1. The first-order chi connectivity index (χ1) is 29.3. The van der Waals surface area contributed by atoms with Gasteiger partial charge in [-0.05, 0) is 92.0 Å². The highest BCUT2D eigenvalue weighted by atomic mass is 32.2. The Morgan fingerprint density at radius 3 is 2.38 bits per heavy atom. The van der Waals surface area contributed by atoms with Crippen LogP contribution in [0.4, 0.5) is 5.82 Å². The smallest absolute Gasteiger partial charge is 0.255 e. The topological polar surface area (TPSA) is 166 Å². The number of nitrogens with zero attached hydrogens (tertiary/aromatic N) is 6. The highest BCUT2D eigenvalue weighted by Gasteiger charge is 2.40. The van der Waals surface area contributed by atoms with Crippen molar-refractivity contribution in [3.05, 3.63) is 90.3 Å². The van der Waals surface area contributed by atoms with E-state index in [1.165, 1.54) is 25.6 Å². The first kappa shape index (κ1) is 41.0. The molecule has 312 valence electrons. The number of benzene rings is 3. The third kappa shape index (κ3) is 9.33. The number of unbranched alkanes of at least 4 members (excludes halogenated alkanes) is 7. The summed E-state index contributed by atoms with van der Waals surface area (Å²) >= 11 is 1.78. The summed E-state index contributed by atoms with van der Waals surface area (Å²) in [5.41, 5.74) is 10.4. The summed E-state index contributed by atoms with van der Waals surface area (Å²) in [4.78, 5) is 64.2. The van der Waals surface area contributed by atoms with Crippen LogP contribution in [-0.2, 0) is 20.9 Å². The van der Waals surface area contributed by atoms with Gasteiger partial charge in [-0.2, -0.15) is 5.10 Å². The molecule has 2 atom stereocenters. The Morgan fingerprint density at radius 1 is 0.850 bits per heavy atom. The van der Waals surface area contributed by atoms with Gasteiger partial charge in [0.1, 0.15) is 35.4 Å². The zero-order chi connectivity index (χ0) is 41.4. The molecule has 0 spiro atoms. The van der Waals surface area contributed by atoms with Crippen molar-refractivity contribution in [2.24, 2.45) is 0 Å². The van der Waals surface area contributed by atoms with Gasteiger partial charge in [-0.3, -0.25) is 24.5 Å². The molecule has 60 heavy (non-hydrogen) atoms. The second-order valence-electron chi connectivity index (χ2n) is 15.9. The molecule has 1 unspecified atom stereocenters. The minimum atomic E-state index is -0.594. The van der Waals surface area contributed by atoms with E-state index < -0.39 is 6.04 Å². The molecule has 3 aliphatic rings. The Morgan fingerprint density at radius 2 is 1.60 bits per heavy atom. The average molecular weight is 829 g/mol. The van der Waals surface area contributed by atoms with E-state index in [0.717, 1.165) is 84.8 Å². The van der Waals surface area contributed by atoms with Crippen LogP contribution < -0.4 is 15.8 Å². The molecule has 3 aliphatic heterocycles. The van der Waals surface area contributed by atoms with Crippen molar-refractivity contribution in [3.63, 3.8) is 0 Å². The summed E-state index contributed by atoms with van der Waals surface area (Å²) in [5, 5.41) is 8.14. The molecular weight excluding hydrogens is 777 g/mol. The largest absolute Gasteiger partial charge is 0.457 e. The molecule has 5 heterocycles. The minimum Gasteiger partial charge on any atom is -0.457 e. The summed E-state index contributed by atoms with van der Waals surface area (Å²) in [7, 11) is 0. The quantitative estimate of drug-likeness (QED) is 0.0532. The van der Waals surface area contributed by atoms with Crippen molar-refractivity contribution in [2.45, 2.75) is 107 Å². The highest BCUT2D eigenvalue weighted by molar-refractivity contribution is 7.99. The van der Waals surface area contributed by atoms with E-state index in [4.69, 9.17) is 15.6 Å². The highest BCUT2D eigenvalue weighted by Crippen LogP contribution is 2.37. The summed E-state index contributed by atoms with van der Waals surface area (Å²) in [6.07, 6.45) is 13.3. The first-order valence-corrected chi connectivity index (χ1v) is 22.3. The van der Waals surface area contributed by atoms with Crippen LogP contribution >= 0.6 is 11.8 Å². The molecule has 2 fully saturated rings. The number of hydrogen-bond acceptors (Lipinski definition) is 10. The standard InChI is InChI=1S/C46H52N8O5S/c47-43-41-42(31-20-22-34(23-21-31)59-33-15-8-7-9-16-33)51-54(44(41)49-30-48-43)32-14-13-26-52(28-32)40(56)19-10-5-3-1-2-4-6-11-27-60-38-18-12-17-35-36(38)29-53(46(35)58)37-24-25-39(55)50-45(37)57/h7-9,12,15-18,20-23,30,32,37H,1-6,10-11,13-14,19,24-29H2,(H2,47,48,49)(H,50,55,57)/t32-,37?/m1/s1. The molecule has 0 radical (unpaired) electrons. The Kier molecular flexibility index (Phi) is 13.0. The van der Waals surface area contributed by atoms with Gasteiger partial charge in [0.15, 0.2) is 5.65 Å². The number of rotatable bonds is 17. The molecule has 5 aromatic rings. The molecule has 3 N–H and O–H groups in total. The number of para-hydroxylation sites is 1. The van der Waals surface area contributed by atoms with Crippen LogP contribution in [0.1, 0.15) is 105 Å². The van der Waals surface area contributed by atoms with E-state index in [1.54, 1.807) is 16.7 Å². The third-order valence-corrected chi connectivity index (χ3v) is 13.0. The predicted molar refractivity (Wildman–Crippen MR) is 231 cm³/mol. The Hall–Kier alpha value is -5.76. The predicted octanol–water partition coefficient (Wildman–Crippen LogP) is 8.10. The van der Waals surface area contributed by atoms with Crippen LogP contribution in [0.3, 0.4) is 0 Å². The molecule has 14 heteroatoms. The monoisotopic (exact) mass is 828 g/mol. The lowest BCUT2D eigenvalue weighted by Gasteiger charge is -2.33. The van der Waals surface area contributed by atoms with Crippen molar-refractivity contribution in [2.75, 3.05) is 24.6 Å². The van der Waals surface area contributed by atoms with E-state index in [1.807, 2.05) is 76.3 Å². The zero-order valence-electron chi connectivity index (χ0n) is 33.9. The number of piperidine rings is 2. The minimum absolute atomic E-state index is 0.0135. The molecule has 0 bridgehead atoms. The van der Waals surface area contributed by atoms with E-state index in [0.29, 0.717) is 54.0 Å². The van der Waals surface area contributed by atoms with Crippen molar-refractivity contribution in [3.8, 4) is 22.8 Å². The summed E-state index contributed by atoms with van der Waals surface area (Å²) in [5.74, 6) is 2.25. The normalized spacial score (nSPS) is 17.9. The summed E-state index contributed by atoms with van der Waals surface area (Å²) in [6, 6.07) is 22.6. The number of likely N-dealkylation sites (tertiary alicyclic amines) is 1. The van der Waals surface area contributed by atoms with E-state index in [9.17, 15) is 19.2 Å². The lowest BCUT2D eigenvalue weighted by atomic mass is 10.0. The maximum Gasteiger partial charge on any atom is 0.255 e. The van der Waals surface area contributed by atoms with Crippen LogP contribution in [0, 0.1) is 0 Å². The van der Waals surface area contributed by atoms with Gasteiger partial charge in [0, 0.05) is 48.5 Å². The molecule has 4 amide bonds. The molecular formula is C46H52N8O5S. The number of anilines is 1. The van der Waals surface area contributed by atoms with Crippen molar-refractivity contribution in [1.29, 1.82) is 0 Å². The number of nitrogens with two attached hydrogens (primary N) is 1. The number of fused-ring (bicyclic) bond motifs is 2. The number of hydrogen-bond donors (Lipinski definition) is 2. The number of aromatic nitrogens is 4. The number of carbonyl (C=O) groups is 4. The van der Waals surface area contributed by atoms with Crippen LogP contribution in [0.5, 0.6) is 11.5 Å². The zero-order valence-corrected chi connectivity index (χ0v) is 34.7. The van der Waals surface area contributed by atoms with Crippen molar-refractivity contribution in [1.82, 2.24) is 34.9 Å². The lowest BCUT2D eigenvalue weighted by molar-refractivity contribution is -0.137. The van der Waals surface area contributed by atoms with Gasteiger partial charge in [-0.1, -0.05) is 62.8 Å². The fraction of sp³-hybridized carbons (Fsp3) is 0.413. The van der Waals surface area contributed by atoms with Gasteiger partial charge in [0.25, 0.3) is 5.91 Å².